The summed E-state index contributed by atoms with van der Waals surface area (Å²) >= 11 is 0. The molecular weight excluding hydrogens is 184 g/mol. The van der Waals surface area contributed by atoms with Gasteiger partial charge in [0.25, 0.3) is 0 Å². The third-order valence-electron chi connectivity index (χ3n) is 2.29. The highest BCUT2D eigenvalue weighted by molar-refractivity contribution is 6.32. The van der Waals surface area contributed by atoms with Crippen molar-refractivity contribution >= 4 is 11.9 Å². The minimum Gasteiger partial charge on any atom is -0.462 e. The molecule has 1 aliphatic rings. The minimum absolute atomic E-state index is 0.487. The molecule has 1 fully saturated rings. The van der Waals surface area contributed by atoms with Crippen molar-refractivity contribution in [1.29, 1.82) is 0 Å². The molecule has 80 valence electrons. The molecule has 1 rings (SSSR count). The third-order valence-corrected chi connectivity index (χ3v) is 2.29. The van der Waals surface area contributed by atoms with E-state index in [1.807, 2.05) is 7.05 Å². The second kappa shape index (κ2) is 4.95. The van der Waals surface area contributed by atoms with Crippen molar-refractivity contribution in [3.8, 4) is 0 Å². The summed E-state index contributed by atoms with van der Waals surface area (Å²) in [5, 5.41) is 2.49. The van der Waals surface area contributed by atoms with Gasteiger partial charge in [-0.05, 0) is 19.9 Å². The first kappa shape index (κ1) is 11.0. The fraction of sp³-hybridized carbons (Fsp3) is 0.778. The number of carbonyl (C=O) groups is 2. The lowest BCUT2D eigenvalue weighted by Gasteiger charge is -2.15. The molecule has 0 atom stereocenters. The van der Waals surface area contributed by atoms with Crippen molar-refractivity contribution in [3.63, 3.8) is 0 Å². The fourth-order valence-corrected chi connectivity index (χ4v) is 1.21. The summed E-state index contributed by atoms with van der Waals surface area (Å²) in [6, 6.07) is 0.671. The summed E-state index contributed by atoms with van der Waals surface area (Å²) in [6.45, 7) is 1.26. The van der Waals surface area contributed by atoms with E-state index >= 15 is 0 Å². The molecule has 0 aromatic heterocycles. The van der Waals surface area contributed by atoms with Gasteiger partial charge < -0.3 is 15.0 Å². The van der Waals surface area contributed by atoms with E-state index in [-0.39, 0.29) is 0 Å². The lowest BCUT2D eigenvalue weighted by molar-refractivity contribution is -0.152. The van der Waals surface area contributed by atoms with Gasteiger partial charge in [0.1, 0.15) is 0 Å². The molecule has 0 unspecified atom stereocenters. The van der Waals surface area contributed by atoms with Crippen LogP contribution in [0.1, 0.15) is 12.8 Å². The van der Waals surface area contributed by atoms with E-state index in [0.717, 1.165) is 6.54 Å². The van der Waals surface area contributed by atoms with Crippen LogP contribution in [-0.4, -0.2) is 50.1 Å². The number of likely N-dealkylation sites (N-methyl/N-ethyl adjacent to an activating group) is 1. The number of rotatable bonds is 4. The average Bonchev–Trinajstić information content (AvgIpc) is 2.99. The van der Waals surface area contributed by atoms with E-state index in [2.05, 4.69) is 15.0 Å². The fourth-order valence-electron chi connectivity index (χ4n) is 1.21. The van der Waals surface area contributed by atoms with Gasteiger partial charge in [0, 0.05) is 19.1 Å². The zero-order chi connectivity index (χ0) is 10.6. The summed E-state index contributed by atoms with van der Waals surface area (Å²) < 4.78 is 4.26. The van der Waals surface area contributed by atoms with Crippen molar-refractivity contribution in [2.24, 2.45) is 0 Å². The molecule has 5 nitrogen and oxygen atoms in total. The maximum Gasteiger partial charge on any atom is 0.396 e. The Morgan fingerprint density at radius 3 is 2.64 bits per heavy atom. The van der Waals surface area contributed by atoms with Crippen molar-refractivity contribution in [2.75, 3.05) is 27.2 Å². The molecule has 1 aliphatic carbocycles. The number of nitrogens with zero attached hydrogens (tertiary/aromatic N) is 1. The maximum atomic E-state index is 10.9. The molecule has 0 spiro atoms. The van der Waals surface area contributed by atoms with Crippen molar-refractivity contribution < 1.29 is 14.3 Å². The molecule has 0 saturated heterocycles. The smallest absolute Gasteiger partial charge is 0.396 e. The Balaban J connectivity index is 2.07. The van der Waals surface area contributed by atoms with Crippen LogP contribution in [0.2, 0.25) is 0 Å². The molecule has 1 saturated carbocycles. The minimum atomic E-state index is -0.834. The SMILES string of the molecule is COC(=O)C(=O)NCCN(C)C1CC1. The van der Waals surface area contributed by atoms with Crippen LogP contribution in [0.4, 0.5) is 0 Å². The van der Waals surface area contributed by atoms with Gasteiger partial charge in [-0.3, -0.25) is 4.79 Å². The molecule has 5 heteroatoms. The first-order chi connectivity index (χ1) is 6.65. The Morgan fingerprint density at radius 1 is 1.50 bits per heavy atom. The van der Waals surface area contributed by atoms with Gasteiger partial charge in [0.15, 0.2) is 0 Å². The highest BCUT2D eigenvalue weighted by atomic mass is 16.5. The second-order valence-electron chi connectivity index (χ2n) is 3.46. The summed E-state index contributed by atoms with van der Waals surface area (Å²) in [5.74, 6) is -1.50. The van der Waals surface area contributed by atoms with E-state index in [9.17, 15) is 9.59 Å². The molecule has 0 aromatic rings. The zero-order valence-corrected chi connectivity index (χ0v) is 8.58. The van der Waals surface area contributed by atoms with E-state index in [1.165, 1.54) is 20.0 Å². The lowest BCUT2D eigenvalue weighted by Crippen LogP contribution is -2.37. The summed E-state index contributed by atoms with van der Waals surface area (Å²) in [7, 11) is 3.21. The molecule has 0 bridgehead atoms. The summed E-state index contributed by atoms with van der Waals surface area (Å²) in [6.07, 6.45) is 2.48. The van der Waals surface area contributed by atoms with Gasteiger partial charge in [0.05, 0.1) is 7.11 Å². The third kappa shape index (κ3) is 3.33. The van der Waals surface area contributed by atoms with Crippen LogP contribution in [0.15, 0.2) is 0 Å². The number of ether oxygens (including phenoxy) is 1. The van der Waals surface area contributed by atoms with Crippen LogP contribution in [0, 0.1) is 0 Å². The van der Waals surface area contributed by atoms with Crippen LogP contribution >= 0.6 is 0 Å². The van der Waals surface area contributed by atoms with E-state index < -0.39 is 11.9 Å². The van der Waals surface area contributed by atoms with Gasteiger partial charge in [0.2, 0.25) is 0 Å². The number of esters is 1. The van der Waals surface area contributed by atoms with Crippen molar-refractivity contribution in [1.82, 2.24) is 10.2 Å². The Morgan fingerprint density at radius 2 is 2.14 bits per heavy atom. The average molecular weight is 200 g/mol. The Hall–Kier alpha value is -1.10. The molecule has 0 radical (unpaired) electrons. The summed E-state index contributed by atoms with van der Waals surface area (Å²) in [5.41, 5.74) is 0. The largest absolute Gasteiger partial charge is 0.462 e. The van der Waals surface area contributed by atoms with E-state index in [0.29, 0.717) is 12.6 Å². The van der Waals surface area contributed by atoms with Crippen LogP contribution < -0.4 is 5.32 Å². The normalized spacial score (nSPS) is 15.4. The molecule has 1 amide bonds. The highest BCUT2D eigenvalue weighted by Gasteiger charge is 2.25. The summed E-state index contributed by atoms with van der Waals surface area (Å²) in [4.78, 5) is 23.8. The topological polar surface area (TPSA) is 58.6 Å². The Labute approximate surface area is 83.4 Å². The Kier molecular flexibility index (Phi) is 3.88. The second-order valence-corrected chi connectivity index (χ2v) is 3.46. The van der Waals surface area contributed by atoms with Crippen LogP contribution in [0.3, 0.4) is 0 Å². The Bertz CT molecular complexity index is 226. The monoisotopic (exact) mass is 200 g/mol. The predicted molar refractivity (Wildman–Crippen MR) is 50.7 cm³/mol. The number of nitrogens with one attached hydrogen (secondary N) is 1. The van der Waals surface area contributed by atoms with Gasteiger partial charge in [-0.1, -0.05) is 0 Å². The van der Waals surface area contributed by atoms with Gasteiger partial charge in [-0.15, -0.1) is 0 Å². The molecule has 1 N–H and O–H groups in total. The lowest BCUT2D eigenvalue weighted by atomic mass is 10.5. The number of amides is 1. The first-order valence-corrected chi connectivity index (χ1v) is 4.71. The maximum absolute atomic E-state index is 10.9. The molecule has 0 aromatic carbocycles. The number of hydrogen-bond acceptors (Lipinski definition) is 4. The molecule has 0 aliphatic heterocycles. The molecule has 0 heterocycles. The van der Waals surface area contributed by atoms with Crippen LogP contribution in [0.5, 0.6) is 0 Å². The number of hydrogen-bond donors (Lipinski definition) is 1. The van der Waals surface area contributed by atoms with Gasteiger partial charge >= 0.3 is 11.9 Å². The van der Waals surface area contributed by atoms with E-state index in [1.54, 1.807) is 0 Å². The van der Waals surface area contributed by atoms with Crippen molar-refractivity contribution in [2.45, 2.75) is 18.9 Å². The quantitative estimate of drug-likeness (QED) is 0.485. The highest BCUT2D eigenvalue weighted by Crippen LogP contribution is 2.24. The van der Waals surface area contributed by atoms with Gasteiger partial charge in [-0.25, -0.2) is 4.79 Å². The van der Waals surface area contributed by atoms with Gasteiger partial charge in [-0.2, -0.15) is 0 Å². The molecule has 14 heavy (non-hydrogen) atoms. The number of carbonyl (C=O) groups excluding carboxylic acids is 2. The zero-order valence-electron chi connectivity index (χ0n) is 8.58. The number of methoxy groups -OCH3 is 1. The van der Waals surface area contributed by atoms with Crippen LogP contribution in [-0.2, 0) is 14.3 Å². The van der Waals surface area contributed by atoms with Crippen LogP contribution in [0.25, 0.3) is 0 Å². The van der Waals surface area contributed by atoms with Crippen molar-refractivity contribution in [3.05, 3.63) is 0 Å². The molecular formula is C9H16N2O3. The van der Waals surface area contributed by atoms with E-state index in [4.69, 9.17) is 0 Å². The standard InChI is InChI=1S/C9H16N2O3/c1-11(7-3-4-7)6-5-10-8(12)9(13)14-2/h7H,3-6H2,1-2H3,(H,10,12). The predicted octanol–water partition coefficient (Wildman–Crippen LogP) is -0.630. The first-order valence-electron chi connectivity index (χ1n) is 4.71.